The van der Waals surface area contributed by atoms with Gasteiger partial charge in [0.15, 0.2) is 0 Å². The van der Waals surface area contributed by atoms with Crippen LogP contribution in [0.15, 0.2) is 0 Å². The summed E-state index contributed by atoms with van der Waals surface area (Å²) in [6, 6.07) is 0. The number of nitrogens with two attached hydrogens (primary N) is 2. The quantitative estimate of drug-likeness (QED) is 0.776. The van der Waals surface area contributed by atoms with Gasteiger partial charge in [0.2, 0.25) is 0 Å². The van der Waals surface area contributed by atoms with Crippen LogP contribution in [0.1, 0.15) is 103 Å². The maximum Gasteiger partial charge on any atom is 0.0186 e. The molecule has 0 aromatic rings. The number of hydrogen-bond donors (Lipinski definition) is 2. The van der Waals surface area contributed by atoms with Gasteiger partial charge in [-0.1, -0.05) is 70.6 Å². The summed E-state index contributed by atoms with van der Waals surface area (Å²) in [5.74, 6) is 1.55. The normalized spacial score (nSPS) is 30.8. The van der Waals surface area contributed by atoms with Crippen molar-refractivity contribution in [1.29, 1.82) is 0 Å². The molecular formula is C20H38N2. The second kappa shape index (κ2) is 7.21. The summed E-state index contributed by atoms with van der Waals surface area (Å²) in [6.45, 7) is 0. The van der Waals surface area contributed by atoms with E-state index in [1.165, 1.54) is 103 Å². The molecule has 1 atom stereocenters. The van der Waals surface area contributed by atoms with Gasteiger partial charge in [-0.25, -0.2) is 0 Å². The van der Waals surface area contributed by atoms with Crippen LogP contribution in [0.3, 0.4) is 0 Å². The van der Waals surface area contributed by atoms with Crippen molar-refractivity contribution in [2.45, 2.75) is 114 Å². The van der Waals surface area contributed by atoms with E-state index in [-0.39, 0.29) is 11.1 Å². The molecule has 3 aliphatic rings. The van der Waals surface area contributed by atoms with Crippen molar-refractivity contribution >= 4 is 0 Å². The van der Waals surface area contributed by atoms with Gasteiger partial charge in [0.05, 0.1) is 0 Å². The molecule has 3 aliphatic carbocycles. The van der Waals surface area contributed by atoms with Crippen LogP contribution >= 0.6 is 0 Å². The Morgan fingerprint density at radius 3 is 1.77 bits per heavy atom. The van der Waals surface area contributed by atoms with Gasteiger partial charge < -0.3 is 11.5 Å². The fourth-order valence-electron chi connectivity index (χ4n) is 5.85. The monoisotopic (exact) mass is 306 g/mol. The summed E-state index contributed by atoms with van der Waals surface area (Å²) in [5.41, 5.74) is 14.1. The van der Waals surface area contributed by atoms with E-state index in [0.717, 1.165) is 5.92 Å². The zero-order chi connectivity index (χ0) is 15.5. The number of rotatable bonds is 4. The Kier molecular flexibility index (Phi) is 5.50. The first-order valence-corrected chi connectivity index (χ1v) is 10.2. The summed E-state index contributed by atoms with van der Waals surface area (Å²) < 4.78 is 0. The molecule has 0 spiro atoms. The van der Waals surface area contributed by atoms with E-state index in [2.05, 4.69) is 0 Å². The summed E-state index contributed by atoms with van der Waals surface area (Å²) >= 11 is 0. The van der Waals surface area contributed by atoms with Gasteiger partial charge in [-0.2, -0.15) is 0 Å². The Morgan fingerprint density at radius 2 is 1.18 bits per heavy atom. The topological polar surface area (TPSA) is 52.0 Å². The molecule has 2 nitrogen and oxygen atoms in total. The van der Waals surface area contributed by atoms with Crippen molar-refractivity contribution in [3.8, 4) is 0 Å². The third kappa shape index (κ3) is 3.87. The molecule has 3 rings (SSSR count). The summed E-state index contributed by atoms with van der Waals surface area (Å²) in [4.78, 5) is 0. The van der Waals surface area contributed by atoms with Crippen molar-refractivity contribution in [2.75, 3.05) is 0 Å². The summed E-state index contributed by atoms with van der Waals surface area (Å²) in [7, 11) is 0. The molecule has 0 amide bonds. The maximum atomic E-state index is 7.05. The van der Waals surface area contributed by atoms with Crippen molar-refractivity contribution in [2.24, 2.45) is 23.3 Å². The first-order chi connectivity index (χ1) is 10.6. The lowest BCUT2D eigenvalue weighted by Crippen LogP contribution is -2.56. The van der Waals surface area contributed by atoms with Crippen molar-refractivity contribution in [3.63, 3.8) is 0 Å². The van der Waals surface area contributed by atoms with Crippen molar-refractivity contribution < 1.29 is 0 Å². The zero-order valence-electron chi connectivity index (χ0n) is 14.6. The van der Waals surface area contributed by atoms with Crippen LogP contribution in [0.25, 0.3) is 0 Å². The lowest BCUT2D eigenvalue weighted by atomic mass is 9.60. The van der Waals surface area contributed by atoms with E-state index >= 15 is 0 Å². The summed E-state index contributed by atoms with van der Waals surface area (Å²) in [5, 5.41) is 0. The van der Waals surface area contributed by atoms with E-state index in [1.807, 2.05) is 0 Å². The second-order valence-corrected chi connectivity index (χ2v) is 8.93. The standard InChI is InChI=1S/C20H38N2/c21-19(12-6-2-7-13-19)16-18(17-10-4-1-5-11-17)20(22)14-8-3-9-15-20/h17-18H,1-16,21-22H2. The summed E-state index contributed by atoms with van der Waals surface area (Å²) in [6.07, 6.45) is 21.5. The molecule has 0 bridgehead atoms. The van der Waals surface area contributed by atoms with Crippen LogP contribution in [0.5, 0.6) is 0 Å². The van der Waals surface area contributed by atoms with Crippen molar-refractivity contribution in [1.82, 2.24) is 0 Å². The van der Waals surface area contributed by atoms with Crippen molar-refractivity contribution in [3.05, 3.63) is 0 Å². The van der Waals surface area contributed by atoms with Gasteiger partial charge in [0, 0.05) is 11.1 Å². The maximum absolute atomic E-state index is 7.05. The highest BCUT2D eigenvalue weighted by Gasteiger charge is 2.44. The molecule has 2 heteroatoms. The zero-order valence-corrected chi connectivity index (χ0v) is 14.6. The van der Waals surface area contributed by atoms with Gasteiger partial charge in [0.25, 0.3) is 0 Å². The average molecular weight is 307 g/mol. The molecule has 128 valence electrons. The van der Waals surface area contributed by atoms with E-state index in [4.69, 9.17) is 11.5 Å². The molecule has 0 radical (unpaired) electrons. The van der Waals surface area contributed by atoms with Crippen LogP contribution < -0.4 is 11.5 Å². The van der Waals surface area contributed by atoms with E-state index in [0.29, 0.717) is 5.92 Å². The predicted octanol–water partition coefficient (Wildman–Crippen LogP) is 4.90. The number of hydrogen-bond acceptors (Lipinski definition) is 2. The Hall–Kier alpha value is -0.0800. The average Bonchev–Trinajstić information content (AvgIpc) is 2.55. The van der Waals surface area contributed by atoms with Crippen LogP contribution in [-0.4, -0.2) is 11.1 Å². The molecule has 3 saturated carbocycles. The highest BCUT2D eigenvalue weighted by atomic mass is 14.8. The van der Waals surface area contributed by atoms with Gasteiger partial charge in [0.1, 0.15) is 0 Å². The molecular weight excluding hydrogens is 268 g/mol. The lowest BCUT2D eigenvalue weighted by Gasteiger charge is -2.49. The minimum atomic E-state index is 0.101. The van der Waals surface area contributed by atoms with Gasteiger partial charge in [-0.15, -0.1) is 0 Å². The third-order valence-corrected chi connectivity index (χ3v) is 7.22. The minimum absolute atomic E-state index is 0.101. The fourth-order valence-corrected chi connectivity index (χ4v) is 5.85. The highest BCUT2D eigenvalue weighted by Crippen LogP contribution is 2.46. The Bertz CT molecular complexity index is 334. The van der Waals surface area contributed by atoms with Crippen LogP contribution in [0, 0.1) is 11.8 Å². The van der Waals surface area contributed by atoms with Crippen LogP contribution in [-0.2, 0) is 0 Å². The molecule has 0 aliphatic heterocycles. The Morgan fingerprint density at radius 1 is 0.682 bits per heavy atom. The first kappa shape index (κ1) is 16.8. The molecule has 0 heterocycles. The highest BCUT2D eigenvalue weighted by molar-refractivity contribution is 5.02. The first-order valence-electron chi connectivity index (χ1n) is 10.2. The molecule has 4 N–H and O–H groups in total. The molecule has 1 unspecified atom stereocenters. The Balaban J connectivity index is 1.75. The van der Waals surface area contributed by atoms with E-state index < -0.39 is 0 Å². The molecule has 0 saturated heterocycles. The molecule has 3 fully saturated rings. The SMILES string of the molecule is NC1(CC(C2CCCCC2)C2(N)CCCCC2)CCCCC1. The van der Waals surface area contributed by atoms with E-state index in [9.17, 15) is 0 Å². The lowest BCUT2D eigenvalue weighted by molar-refractivity contribution is 0.0724. The minimum Gasteiger partial charge on any atom is -0.325 e. The Labute approximate surface area is 137 Å². The van der Waals surface area contributed by atoms with Crippen LogP contribution in [0.2, 0.25) is 0 Å². The molecule has 0 aromatic heterocycles. The molecule has 0 aromatic carbocycles. The van der Waals surface area contributed by atoms with E-state index in [1.54, 1.807) is 0 Å². The van der Waals surface area contributed by atoms with Gasteiger partial charge in [-0.3, -0.25) is 0 Å². The smallest absolute Gasteiger partial charge is 0.0186 e. The second-order valence-electron chi connectivity index (χ2n) is 8.93. The molecule has 22 heavy (non-hydrogen) atoms. The fraction of sp³-hybridized carbons (Fsp3) is 1.00. The third-order valence-electron chi connectivity index (χ3n) is 7.22. The van der Waals surface area contributed by atoms with Gasteiger partial charge in [-0.05, 0) is 43.9 Å². The van der Waals surface area contributed by atoms with Crippen LogP contribution in [0.4, 0.5) is 0 Å². The largest absolute Gasteiger partial charge is 0.325 e. The predicted molar refractivity (Wildman–Crippen MR) is 94.7 cm³/mol. The van der Waals surface area contributed by atoms with Gasteiger partial charge >= 0.3 is 0 Å².